The highest BCUT2D eigenvalue weighted by molar-refractivity contribution is 7.92. The highest BCUT2D eigenvalue weighted by Crippen LogP contribution is 2.29. The number of hydrogen-bond donors (Lipinski definition) is 3. The highest BCUT2D eigenvalue weighted by atomic mass is 35.5. The van der Waals surface area contributed by atoms with Gasteiger partial charge in [0.25, 0.3) is 10.0 Å². The van der Waals surface area contributed by atoms with Crippen molar-refractivity contribution in [3.8, 4) is 5.75 Å². The number of hydrogen-bond acceptors (Lipinski definition) is 5. The largest absolute Gasteiger partial charge is 0.480 e. The van der Waals surface area contributed by atoms with Gasteiger partial charge in [-0.1, -0.05) is 31.0 Å². The summed E-state index contributed by atoms with van der Waals surface area (Å²) in [6.07, 6.45) is 1.49. The summed E-state index contributed by atoms with van der Waals surface area (Å²) in [5.41, 5.74) is 0.544. The SMILES string of the molecule is CCCc1ccc(NS(=O)(=O)c2ccc(OCC(=O)O)c(Cl)c2)c(C(=O)O)c1. The van der Waals surface area contributed by atoms with Gasteiger partial charge in [-0.2, -0.15) is 0 Å². The van der Waals surface area contributed by atoms with Crippen molar-refractivity contribution >= 4 is 39.3 Å². The van der Waals surface area contributed by atoms with E-state index in [1.54, 1.807) is 6.07 Å². The molecule has 150 valence electrons. The van der Waals surface area contributed by atoms with E-state index in [0.29, 0.717) is 6.42 Å². The monoisotopic (exact) mass is 427 g/mol. The Morgan fingerprint density at radius 3 is 2.43 bits per heavy atom. The maximum absolute atomic E-state index is 12.6. The van der Waals surface area contributed by atoms with E-state index in [1.807, 2.05) is 6.92 Å². The molecule has 8 nitrogen and oxygen atoms in total. The van der Waals surface area contributed by atoms with E-state index < -0.39 is 28.6 Å². The molecule has 2 aromatic rings. The van der Waals surface area contributed by atoms with Crippen molar-refractivity contribution in [2.75, 3.05) is 11.3 Å². The minimum atomic E-state index is -4.13. The number of ether oxygens (including phenoxy) is 1. The molecule has 0 atom stereocenters. The molecule has 0 fully saturated rings. The first kappa shape index (κ1) is 21.5. The van der Waals surface area contributed by atoms with E-state index in [2.05, 4.69) is 4.72 Å². The highest BCUT2D eigenvalue weighted by Gasteiger charge is 2.20. The maximum Gasteiger partial charge on any atom is 0.341 e. The van der Waals surface area contributed by atoms with Gasteiger partial charge in [0.15, 0.2) is 6.61 Å². The number of carboxylic acid groups (broad SMARTS) is 2. The number of nitrogens with one attached hydrogen (secondary N) is 1. The molecular weight excluding hydrogens is 410 g/mol. The van der Waals surface area contributed by atoms with Gasteiger partial charge in [0.05, 0.1) is 21.2 Å². The summed E-state index contributed by atoms with van der Waals surface area (Å²) in [6, 6.07) is 7.98. The molecule has 0 aliphatic carbocycles. The number of benzene rings is 2. The fourth-order valence-electron chi connectivity index (χ4n) is 2.41. The van der Waals surface area contributed by atoms with Crippen LogP contribution in [-0.4, -0.2) is 37.2 Å². The molecule has 0 saturated heterocycles. The number of sulfonamides is 1. The van der Waals surface area contributed by atoms with E-state index in [0.717, 1.165) is 18.1 Å². The number of rotatable bonds is 9. The first-order valence-electron chi connectivity index (χ1n) is 8.17. The molecule has 3 N–H and O–H groups in total. The van der Waals surface area contributed by atoms with Gasteiger partial charge in [-0.15, -0.1) is 0 Å². The predicted molar refractivity (Wildman–Crippen MR) is 103 cm³/mol. The normalized spacial score (nSPS) is 11.1. The summed E-state index contributed by atoms with van der Waals surface area (Å²) in [7, 11) is -4.13. The summed E-state index contributed by atoms with van der Waals surface area (Å²) < 4.78 is 32.4. The van der Waals surface area contributed by atoms with Crippen molar-refractivity contribution < 1.29 is 33.0 Å². The summed E-state index contributed by atoms with van der Waals surface area (Å²) in [5, 5.41) is 17.9. The zero-order valence-corrected chi connectivity index (χ0v) is 16.4. The van der Waals surface area contributed by atoms with E-state index >= 15 is 0 Å². The van der Waals surface area contributed by atoms with Crippen molar-refractivity contribution in [3.05, 3.63) is 52.5 Å². The van der Waals surface area contributed by atoms with Gasteiger partial charge in [0, 0.05) is 0 Å². The van der Waals surface area contributed by atoms with Crippen LogP contribution in [0.2, 0.25) is 5.02 Å². The molecule has 0 spiro atoms. The third-order valence-electron chi connectivity index (χ3n) is 3.66. The molecule has 2 aromatic carbocycles. The van der Waals surface area contributed by atoms with E-state index in [9.17, 15) is 23.1 Å². The van der Waals surface area contributed by atoms with Crippen LogP contribution in [0.25, 0.3) is 0 Å². The Labute approximate surface area is 166 Å². The zero-order chi connectivity index (χ0) is 20.9. The van der Waals surface area contributed by atoms with E-state index in [4.69, 9.17) is 21.4 Å². The Hall–Kier alpha value is -2.78. The van der Waals surface area contributed by atoms with Crippen LogP contribution in [0.4, 0.5) is 5.69 Å². The topological polar surface area (TPSA) is 130 Å². The smallest absolute Gasteiger partial charge is 0.341 e. The molecular formula is C18H18ClNO7S. The second kappa shape index (κ2) is 8.94. The molecule has 2 rings (SSSR count). The average Bonchev–Trinajstić information content (AvgIpc) is 2.61. The number of anilines is 1. The first-order valence-corrected chi connectivity index (χ1v) is 10.0. The molecule has 0 aliphatic heterocycles. The van der Waals surface area contributed by atoms with E-state index in [1.165, 1.54) is 24.3 Å². The number of aliphatic carboxylic acids is 1. The van der Waals surface area contributed by atoms with Crippen LogP contribution in [0, 0.1) is 0 Å². The van der Waals surface area contributed by atoms with Crippen LogP contribution in [0.5, 0.6) is 5.75 Å². The third kappa shape index (κ3) is 5.37. The lowest BCUT2D eigenvalue weighted by Gasteiger charge is -2.13. The maximum atomic E-state index is 12.6. The Bertz CT molecular complexity index is 1000. The van der Waals surface area contributed by atoms with Gasteiger partial charge in [-0.05, 0) is 42.3 Å². The Morgan fingerprint density at radius 1 is 1.14 bits per heavy atom. The molecule has 0 amide bonds. The number of aromatic carboxylic acids is 1. The summed E-state index contributed by atoms with van der Waals surface area (Å²) in [6.45, 7) is 1.32. The zero-order valence-electron chi connectivity index (χ0n) is 14.8. The van der Waals surface area contributed by atoms with Crippen molar-refractivity contribution in [2.45, 2.75) is 24.7 Å². The van der Waals surface area contributed by atoms with Crippen LogP contribution >= 0.6 is 11.6 Å². The summed E-state index contributed by atoms with van der Waals surface area (Å²) >= 11 is 5.95. The van der Waals surface area contributed by atoms with E-state index in [-0.39, 0.29) is 26.9 Å². The molecule has 0 saturated carbocycles. The van der Waals surface area contributed by atoms with Crippen molar-refractivity contribution in [2.24, 2.45) is 0 Å². The van der Waals surface area contributed by atoms with Gasteiger partial charge < -0.3 is 14.9 Å². The van der Waals surface area contributed by atoms with Crippen molar-refractivity contribution in [1.82, 2.24) is 0 Å². The standard InChI is InChI=1S/C18H18ClNO7S/c1-2-3-11-4-6-15(13(8-11)18(23)24)20-28(25,26)12-5-7-16(14(19)9-12)27-10-17(21)22/h4-9,20H,2-3,10H2,1H3,(H,21,22)(H,23,24). The molecule has 28 heavy (non-hydrogen) atoms. The molecule has 10 heteroatoms. The van der Waals surface area contributed by atoms with Crippen LogP contribution < -0.4 is 9.46 Å². The first-order chi connectivity index (χ1) is 13.1. The molecule has 0 aliphatic rings. The van der Waals surface area contributed by atoms with Crippen LogP contribution in [0.15, 0.2) is 41.3 Å². The lowest BCUT2D eigenvalue weighted by molar-refractivity contribution is -0.139. The summed E-state index contributed by atoms with van der Waals surface area (Å²) in [4.78, 5) is 21.8. The fraction of sp³-hybridized carbons (Fsp3) is 0.222. The Kier molecular flexibility index (Phi) is 6.87. The van der Waals surface area contributed by atoms with Crippen LogP contribution in [0.3, 0.4) is 0 Å². The van der Waals surface area contributed by atoms with Gasteiger partial charge in [-0.25, -0.2) is 18.0 Å². The van der Waals surface area contributed by atoms with Gasteiger partial charge in [0.1, 0.15) is 5.75 Å². The lowest BCUT2D eigenvalue weighted by Crippen LogP contribution is -2.16. The molecule has 0 unspecified atom stereocenters. The van der Waals surface area contributed by atoms with Gasteiger partial charge >= 0.3 is 11.9 Å². The van der Waals surface area contributed by atoms with Crippen LogP contribution in [-0.2, 0) is 21.2 Å². The van der Waals surface area contributed by atoms with Gasteiger partial charge in [0.2, 0.25) is 0 Å². The number of aryl methyl sites for hydroxylation is 1. The number of halogens is 1. The average molecular weight is 428 g/mol. The number of carboxylic acids is 2. The van der Waals surface area contributed by atoms with Crippen LogP contribution in [0.1, 0.15) is 29.3 Å². The quantitative estimate of drug-likeness (QED) is 0.559. The van der Waals surface area contributed by atoms with Crippen molar-refractivity contribution in [1.29, 1.82) is 0 Å². The number of carbonyl (C=O) groups is 2. The minimum Gasteiger partial charge on any atom is -0.480 e. The second-order valence-electron chi connectivity index (χ2n) is 5.82. The molecule has 0 heterocycles. The Morgan fingerprint density at radius 2 is 1.86 bits per heavy atom. The summed E-state index contributed by atoms with van der Waals surface area (Å²) in [5.74, 6) is -2.45. The van der Waals surface area contributed by atoms with Gasteiger partial charge in [-0.3, -0.25) is 4.72 Å². The third-order valence-corrected chi connectivity index (χ3v) is 5.32. The Balaban J connectivity index is 2.32. The van der Waals surface area contributed by atoms with Crippen molar-refractivity contribution in [3.63, 3.8) is 0 Å². The minimum absolute atomic E-state index is 0.0122. The molecule has 0 radical (unpaired) electrons. The predicted octanol–water partition coefficient (Wildman–Crippen LogP) is 3.25. The second-order valence-corrected chi connectivity index (χ2v) is 7.90. The molecule has 0 bridgehead atoms. The lowest BCUT2D eigenvalue weighted by atomic mass is 10.1. The molecule has 0 aromatic heterocycles. The fourth-order valence-corrected chi connectivity index (χ4v) is 3.82.